The van der Waals surface area contributed by atoms with Crippen LogP contribution in [0, 0.1) is 17.0 Å². The molecule has 0 spiro atoms. The monoisotopic (exact) mass is 307 g/mol. The van der Waals surface area contributed by atoms with Crippen molar-refractivity contribution in [1.82, 2.24) is 4.98 Å². The lowest BCUT2D eigenvalue weighted by atomic mass is 10.2. The molecule has 1 heterocycles. The number of nitrogens with zero attached hydrogens (tertiary/aromatic N) is 2. The van der Waals surface area contributed by atoms with E-state index in [4.69, 9.17) is 16.7 Å². The van der Waals surface area contributed by atoms with Gasteiger partial charge in [-0.1, -0.05) is 17.7 Å². The van der Waals surface area contributed by atoms with Crippen molar-refractivity contribution in [1.29, 1.82) is 0 Å². The number of hydrogen-bond donors (Lipinski definition) is 2. The molecule has 108 valence electrons. The fraction of sp³-hybridized carbons (Fsp3) is 0.0769. The van der Waals surface area contributed by atoms with Crippen LogP contribution < -0.4 is 5.32 Å². The standard InChI is InChI=1S/C13H10ClN3O4/c1-7-2-3-10(9(14)4-7)16-12-11(17(20)21)5-8(6-15-12)13(18)19/h2-6H,1H3,(H,15,16)(H,18,19). The van der Waals surface area contributed by atoms with Gasteiger partial charge in [0.15, 0.2) is 0 Å². The van der Waals surface area contributed by atoms with Gasteiger partial charge in [-0.15, -0.1) is 0 Å². The summed E-state index contributed by atoms with van der Waals surface area (Å²) in [5.74, 6) is -1.36. The summed E-state index contributed by atoms with van der Waals surface area (Å²) < 4.78 is 0. The van der Waals surface area contributed by atoms with E-state index in [0.717, 1.165) is 17.8 Å². The van der Waals surface area contributed by atoms with Crippen LogP contribution in [0.5, 0.6) is 0 Å². The van der Waals surface area contributed by atoms with E-state index < -0.39 is 16.6 Å². The Labute approximate surface area is 124 Å². The molecule has 0 amide bonds. The normalized spacial score (nSPS) is 10.2. The molecule has 21 heavy (non-hydrogen) atoms. The van der Waals surface area contributed by atoms with Crippen LogP contribution in [0.2, 0.25) is 5.02 Å². The van der Waals surface area contributed by atoms with E-state index in [9.17, 15) is 14.9 Å². The molecule has 2 aromatic rings. The summed E-state index contributed by atoms with van der Waals surface area (Å²) in [6, 6.07) is 6.08. The largest absolute Gasteiger partial charge is 0.478 e. The topological polar surface area (TPSA) is 105 Å². The van der Waals surface area contributed by atoms with Gasteiger partial charge in [-0.05, 0) is 24.6 Å². The molecule has 0 unspecified atom stereocenters. The first kappa shape index (κ1) is 14.7. The lowest BCUT2D eigenvalue weighted by Gasteiger charge is -2.09. The molecule has 1 aromatic heterocycles. The SMILES string of the molecule is Cc1ccc(Nc2ncc(C(=O)O)cc2[N+](=O)[O-])c(Cl)c1. The van der Waals surface area contributed by atoms with Gasteiger partial charge in [0.2, 0.25) is 5.82 Å². The highest BCUT2D eigenvalue weighted by Crippen LogP contribution is 2.30. The Kier molecular flexibility index (Phi) is 4.04. The third-order valence-corrected chi connectivity index (χ3v) is 3.00. The summed E-state index contributed by atoms with van der Waals surface area (Å²) in [5, 5.41) is 23.0. The van der Waals surface area contributed by atoms with E-state index >= 15 is 0 Å². The number of carbonyl (C=O) groups is 1. The number of aromatic nitrogens is 1. The maximum atomic E-state index is 11.0. The Bertz CT molecular complexity index is 733. The quantitative estimate of drug-likeness (QED) is 0.662. The van der Waals surface area contributed by atoms with Crippen LogP contribution in [0.15, 0.2) is 30.5 Å². The molecule has 7 nitrogen and oxygen atoms in total. The number of carboxylic acids is 1. The van der Waals surface area contributed by atoms with Crippen LogP contribution in [0.1, 0.15) is 15.9 Å². The average Bonchev–Trinajstić information content (AvgIpc) is 2.41. The van der Waals surface area contributed by atoms with Crippen molar-refractivity contribution in [3.8, 4) is 0 Å². The van der Waals surface area contributed by atoms with E-state index in [2.05, 4.69) is 10.3 Å². The van der Waals surface area contributed by atoms with Crippen molar-refractivity contribution < 1.29 is 14.8 Å². The zero-order valence-corrected chi connectivity index (χ0v) is 11.6. The number of halogens is 1. The van der Waals surface area contributed by atoms with Crippen molar-refractivity contribution in [2.24, 2.45) is 0 Å². The van der Waals surface area contributed by atoms with Crippen molar-refractivity contribution in [2.75, 3.05) is 5.32 Å². The maximum Gasteiger partial charge on any atom is 0.337 e. The number of aryl methyl sites for hydroxylation is 1. The third kappa shape index (κ3) is 3.26. The minimum atomic E-state index is -1.29. The number of nitro groups is 1. The Morgan fingerprint density at radius 1 is 1.43 bits per heavy atom. The Morgan fingerprint density at radius 2 is 2.14 bits per heavy atom. The number of anilines is 2. The molecule has 2 N–H and O–H groups in total. The number of pyridine rings is 1. The molecule has 0 aliphatic rings. The van der Waals surface area contributed by atoms with Gasteiger partial charge >= 0.3 is 11.7 Å². The average molecular weight is 308 g/mol. The molecule has 0 bridgehead atoms. The van der Waals surface area contributed by atoms with Gasteiger partial charge in [0.1, 0.15) is 0 Å². The summed E-state index contributed by atoms with van der Waals surface area (Å²) >= 11 is 6.04. The fourth-order valence-corrected chi connectivity index (χ4v) is 1.94. The van der Waals surface area contributed by atoms with E-state index in [1.54, 1.807) is 18.2 Å². The van der Waals surface area contributed by atoms with Gasteiger partial charge in [-0.3, -0.25) is 10.1 Å². The lowest BCUT2D eigenvalue weighted by molar-refractivity contribution is -0.384. The molecule has 0 aliphatic carbocycles. The smallest absolute Gasteiger partial charge is 0.337 e. The van der Waals surface area contributed by atoms with Crippen LogP contribution in [0.3, 0.4) is 0 Å². The minimum Gasteiger partial charge on any atom is -0.478 e. The first-order valence-electron chi connectivity index (χ1n) is 5.79. The molecule has 0 fully saturated rings. The van der Waals surface area contributed by atoms with Gasteiger partial charge in [0.25, 0.3) is 0 Å². The molecular weight excluding hydrogens is 298 g/mol. The van der Waals surface area contributed by atoms with Crippen LogP contribution in [-0.4, -0.2) is 21.0 Å². The van der Waals surface area contributed by atoms with Crippen LogP contribution in [0.4, 0.5) is 17.2 Å². The Hall–Kier alpha value is -2.67. The Morgan fingerprint density at radius 3 is 2.71 bits per heavy atom. The first-order valence-corrected chi connectivity index (χ1v) is 6.17. The molecule has 0 atom stereocenters. The Balaban J connectivity index is 2.44. The highest BCUT2D eigenvalue weighted by Gasteiger charge is 2.19. The van der Waals surface area contributed by atoms with Gasteiger partial charge in [-0.25, -0.2) is 9.78 Å². The molecule has 2 rings (SSSR count). The molecule has 0 saturated heterocycles. The third-order valence-electron chi connectivity index (χ3n) is 2.69. The van der Waals surface area contributed by atoms with E-state index in [1.807, 2.05) is 6.92 Å². The molecule has 0 radical (unpaired) electrons. The van der Waals surface area contributed by atoms with E-state index in [0.29, 0.717) is 10.7 Å². The number of nitrogens with one attached hydrogen (secondary N) is 1. The van der Waals surface area contributed by atoms with Crippen molar-refractivity contribution in [2.45, 2.75) is 6.92 Å². The molecular formula is C13H10ClN3O4. The number of rotatable bonds is 4. The maximum absolute atomic E-state index is 11.0. The number of benzene rings is 1. The van der Waals surface area contributed by atoms with Crippen LogP contribution >= 0.6 is 11.6 Å². The molecule has 0 saturated carbocycles. The number of carboxylic acid groups (broad SMARTS) is 1. The predicted molar refractivity (Wildman–Crippen MR) is 77.3 cm³/mol. The van der Waals surface area contributed by atoms with Gasteiger partial charge in [-0.2, -0.15) is 0 Å². The summed E-state index contributed by atoms with van der Waals surface area (Å²) in [7, 11) is 0. The van der Waals surface area contributed by atoms with Crippen LogP contribution in [-0.2, 0) is 0 Å². The summed E-state index contributed by atoms with van der Waals surface area (Å²) in [6.45, 7) is 1.86. The summed E-state index contributed by atoms with van der Waals surface area (Å²) in [6.07, 6.45) is 1.04. The van der Waals surface area contributed by atoms with Crippen molar-refractivity contribution in [3.05, 3.63) is 56.7 Å². The number of aromatic carboxylic acids is 1. The zero-order chi connectivity index (χ0) is 15.6. The highest BCUT2D eigenvalue weighted by atomic mass is 35.5. The lowest BCUT2D eigenvalue weighted by Crippen LogP contribution is -2.04. The minimum absolute atomic E-state index is 0.0734. The van der Waals surface area contributed by atoms with Gasteiger partial charge in [0.05, 0.1) is 21.2 Å². The van der Waals surface area contributed by atoms with Crippen molar-refractivity contribution >= 4 is 34.8 Å². The fourth-order valence-electron chi connectivity index (χ4n) is 1.65. The molecule has 0 aliphatic heterocycles. The van der Waals surface area contributed by atoms with Gasteiger partial charge < -0.3 is 10.4 Å². The number of hydrogen-bond acceptors (Lipinski definition) is 5. The van der Waals surface area contributed by atoms with Crippen molar-refractivity contribution in [3.63, 3.8) is 0 Å². The van der Waals surface area contributed by atoms with Crippen LogP contribution in [0.25, 0.3) is 0 Å². The second-order valence-corrected chi connectivity index (χ2v) is 4.67. The molecule has 8 heteroatoms. The molecule has 1 aromatic carbocycles. The summed E-state index contributed by atoms with van der Waals surface area (Å²) in [4.78, 5) is 24.9. The zero-order valence-electron chi connectivity index (χ0n) is 10.8. The van der Waals surface area contributed by atoms with E-state index in [1.165, 1.54) is 0 Å². The second-order valence-electron chi connectivity index (χ2n) is 4.26. The first-order chi connectivity index (χ1) is 9.88. The predicted octanol–water partition coefficient (Wildman–Crippen LogP) is 3.39. The second kappa shape index (κ2) is 5.76. The van der Waals surface area contributed by atoms with Gasteiger partial charge in [0, 0.05) is 12.3 Å². The van der Waals surface area contributed by atoms with E-state index in [-0.39, 0.29) is 11.4 Å². The summed E-state index contributed by atoms with van der Waals surface area (Å²) in [5.41, 5.74) is 0.684. The highest BCUT2D eigenvalue weighted by molar-refractivity contribution is 6.33.